The Morgan fingerprint density at radius 1 is 1.09 bits per heavy atom. The van der Waals surface area contributed by atoms with Gasteiger partial charge in [0.25, 0.3) is 0 Å². The Labute approximate surface area is 189 Å². The number of methoxy groups -OCH3 is 3. The second-order valence-electron chi connectivity index (χ2n) is 11.7. The number of nitrogens with zero attached hydrogens (tertiary/aromatic N) is 1. The van der Waals surface area contributed by atoms with Crippen LogP contribution < -0.4 is 0 Å². The minimum Gasteiger partial charge on any atom is -0.393 e. The average Bonchev–Trinajstić information content (AvgIpc) is 3.20. The highest BCUT2D eigenvalue weighted by atomic mass is 16.5. The van der Waals surface area contributed by atoms with Gasteiger partial charge in [-0.1, -0.05) is 6.92 Å². The van der Waals surface area contributed by atoms with Gasteiger partial charge in [-0.05, 0) is 31.7 Å². The molecule has 1 spiro atoms. The molecular weight excluding hydrogens is 414 g/mol. The van der Waals surface area contributed by atoms with Gasteiger partial charge < -0.3 is 34.6 Å². The second kappa shape index (κ2) is 6.66. The van der Waals surface area contributed by atoms with Crippen molar-refractivity contribution >= 4 is 0 Å². The fraction of sp³-hybridized carbons (Fsp3) is 1.00. The maximum Gasteiger partial charge on any atom is 0.136 e. The van der Waals surface area contributed by atoms with Crippen molar-refractivity contribution in [2.45, 2.75) is 74.3 Å². The SMILES string of the molecule is CCN1C[C@]2(COC)CC[C@H](O)[C@@]34[C@@H]5C[C@H]6[C@H](OC)[C@@H]5[C@](O)(C[C@@H]6O)[C@](O)([C@@H](OC)[C@H]23)[C@@H]14. The molecule has 0 unspecified atom stereocenters. The number of ether oxygens (including phenoxy) is 3. The predicted molar refractivity (Wildman–Crippen MR) is 114 cm³/mol. The quantitative estimate of drug-likeness (QED) is 0.446. The van der Waals surface area contributed by atoms with E-state index >= 15 is 0 Å². The van der Waals surface area contributed by atoms with E-state index in [1.165, 1.54) is 0 Å². The number of likely N-dealkylation sites (N-methyl/N-ethyl adjacent to an activating group) is 1. The average molecular weight is 454 g/mol. The Hall–Kier alpha value is -0.320. The summed E-state index contributed by atoms with van der Waals surface area (Å²) in [6.45, 7) is 4.06. The van der Waals surface area contributed by atoms with Gasteiger partial charge in [0.1, 0.15) is 11.2 Å². The maximum absolute atomic E-state index is 12.8. The van der Waals surface area contributed by atoms with E-state index in [4.69, 9.17) is 14.2 Å². The van der Waals surface area contributed by atoms with E-state index in [1.54, 1.807) is 21.3 Å². The lowest BCUT2D eigenvalue weighted by Crippen LogP contribution is -2.82. The van der Waals surface area contributed by atoms with Crippen LogP contribution in [-0.2, 0) is 14.2 Å². The molecule has 1 saturated heterocycles. The topological polar surface area (TPSA) is 112 Å². The summed E-state index contributed by atoms with van der Waals surface area (Å²) in [5.41, 5.74) is -4.11. The molecule has 4 N–H and O–H groups in total. The minimum atomic E-state index is -1.63. The molecule has 0 aromatic heterocycles. The van der Waals surface area contributed by atoms with E-state index in [2.05, 4.69) is 11.8 Å². The lowest BCUT2D eigenvalue weighted by Gasteiger charge is -2.69. The van der Waals surface area contributed by atoms with Crippen LogP contribution in [0.25, 0.3) is 0 Å². The van der Waals surface area contributed by atoms with Crippen LogP contribution in [0, 0.1) is 34.5 Å². The van der Waals surface area contributed by atoms with Crippen molar-refractivity contribution in [3.63, 3.8) is 0 Å². The van der Waals surface area contributed by atoms with E-state index < -0.39 is 41.0 Å². The highest BCUT2D eigenvalue weighted by Crippen LogP contribution is 2.80. The van der Waals surface area contributed by atoms with Gasteiger partial charge in [-0.2, -0.15) is 0 Å². The Bertz CT molecular complexity index is 794. The highest BCUT2D eigenvalue weighted by molar-refractivity contribution is 5.41. The lowest BCUT2D eigenvalue weighted by atomic mass is 9.42. The number of likely N-dealkylation sites (tertiary alicyclic amines) is 1. The molecule has 182 valence electrons. The van der Waals surface area contributed by atoms with Gasteiger partial charge in [0.2, 0.25) is 0 Å². The zero-order valence-electron chi connectivity index (χ0n) is 19.6. The van der Waals surface area contributed by atoms with Crippen molar-refractivity contribution in [3.8, 4) is 0 Å². The first-order valence-corrected chi connectivity index (χ1v) is 12.3. The monoisotopic (exact) mass is 453 g/mol. The Morgan fingerprint density at radius 3 is 2.47 bits per heavy atom. The predicted octanol–water partition coefficient (Wildman–Crippen LogP) is -0.383. The van der Waals surface area contributed by atoms with Gasteiger partial charge >= 0.3 is 0 Å². The summed E-state index contributed by atoms with van der Waals surface area (Å²) in [4.78, 5) is 2.28. The summed E-state index contributed by atoms with van der Waals surface area (Å²) in [7, 11) is 4.97. The molecule has 8 heteroatoms. The van der Waals surface area contributed by atoms with Crippen molar-refractivity contribution < 1.29 is 34.6 Å². The van der Waals surface area contributed by atoms with E-state index in [-0.39, 0.29) is 41.6 Å². The molecule has 6 rings (SSSR count). The smallest absolute Gasteiger partial charge is 0.136 e. The maximum atomic E-state index is 12.8. The highest BCUT2D eigenvalue weighted by Gasteiger charge is 2.91. The number of fused-ring (bicyclic) bond motifs is 2. The number of hydrogen-bond acceptors (Lipinski definition) is 8. The molecular formula is C24H39NO7. The molecule has 0 radical (unpaired) electrons. The first-order valence-electron chi connectivity index (χ1n) is 12.3. The number of rotatable bonds is 5. The number of hydrogen-bond donors (Lipinski definition) is 4. The fourth-order valence-electron chi connectivity index (χ4n) is 10.8. The van der Waals surface area contributed by atoms with Gasteiger partial charge in [-0.25, -0.2) is 0 Å². The van der Waals surface area contributed by atoms with Crippen LogP contribution in [0.5, 0.6) is 0 Å². The second-order valence-corrected chi connectivity index (χ2v) is 11.7. The van der Waals surface area contributed by atoms with Crippen LogP contribution in [0.3, 0.4) is 0 Å². The van der Waals surface area contributed by atoms with E-state index in [0.717, 1.165) is 13.0 Å². The molecule has 32 heavy (non-hydrogen) atoms. The molecule has 5 aliphatic carbocycles. The molecule has 6 fully saturated rings. The van der Waals surface area contributed by atoms with Crippen molar-refractivity contribution in [3.05, 3.63) is 0 Å². The van der Waals surface area contributed by atoms with Gasteiger partial charge in [0.15, 0.2) is 0 Å². The summed E-state index contributed by atoms with van der Waals surface area (Å²) in [5.74, 6) is -0.671. The van der Waals surface area contributed by atoms with Crippen molar-refractivity contribution in [2.24, 2.45) is 34.5 Å². The van der Waals surface area contributed by atoms with Crippen LogP contribution in [0.2, 0.25) is 0 Å². The van der Waals surface area contributed by atoms with E-state index in [0.29, 0.717) is 26.0 Å². The largest absolute Gasteiger partial charge is 0.393 e. The molecule has 6 aliphatic rings. The third-order valence-electron chi connectivity index (χ3n) is 11.2. The van der Waals surface area contributed by atoms with E-state index in [1.807, 2.05) is 0 Å². The fourth-order valence-corrected chi connectivity index (χ4v) is 10.8. The van der Waals surface area contributed by atoms with Crippen LogP contribution >= 0.6 is 0 Å². The zero-order valence-corrected chi connectivity index (χ0v) is 19.6. The van der Waals surface area contributed by atoms with Crippen LogP contribution in [0.15, 0.2) is 0 Å². The summed E-state index contributed by atoms with van der Waals surface area (Å²) in [6.07, 6.45) is -0.157. The Kier molecular flexibility index (Phi) is 4.62. The Balaban J connectivity index is 1.68. The number of piperidine rings is 1. The summed E-state index contributed by atoms with van der Waals surface area (Å²) >= 11 is 0. The molecule has 8 nitrogen and oxygen atoms in total. The van der Waals surface area contributed by atoms with E-state index in [9.17, 15) is 20.4 Å². The molecule has 1 heterocycles. The first-order chi connectivity index (χ1) is 15.2. The molecule has 0 aromatic rings. The number of aliphatic hydroxyl groups is 4. The minimum absolute atomic E-state index is 0.0732. The molecule has 5 saturated carbocycles. The van der Waals surface area contributed by atoms with Crippen molar-refractivity contribution in [1.82, 2.24) is 4.90 Å². The Morgan fingerprint density at radius 2 is 1.84 bits per heavy atom. The lowest BCUT2D eigenvalue weighted by molar-refractivity contribution is -0.318. The van der Waals surface area contributed by atoms with Crippen molar-refractivity contribution in [1.29, 1.82) is 0 Å². The normalized spacial score (nSPS) is 62.4. The van der Waals surface area contributed by atoms with Crippen molar-refractivity contribution in [2.75, 3.05) is 41.0 Å². The molecule has 1 aliphatic heterocycles. The molecule has 0 amide bonds. The zero-order chi connectivity index (χ0) is 22.8. The summed E-state index contributed by atoms with van der Waals surface area (Å²) in [6, 6.07) is -0.442. The standard InChI is InChI=1S/C24H39NO7/c1-5-25-10-21(11-30-2)7-6-15(27)23-13-8-12-14(26)9-22(28,16(13)17(12)31-3)24(29,20(23)25)19(32-4)18(21)23/h12-20,26-29H,5-11H2,1-4H3/t12-,13-,14+,15+,16-,17+,18-,19+,20+,21+,22-,23+,24+/m1/s1. The van der Waals surface area contributed by atoms with Gasteiger partial charge in [-0.15, -0.1) is 0 Å². The molecule has 0 aromatic carbocycles. The van der Waals surface area contributed by atoms with Gasteiger partial charge in [-0.3, -0.25) is 4.90 Å². The molecule has 13 atom stereocenters. The van der Waals surface area contributed by atoms with Crippen LogP contribution in [0.4, 0.5) is 0 Å². The first kappa shape index (κ1) is 22.2. The third kappa shape index (κ3) is 1.99. The van der Waals surface area contributed by atoms with Gasteiger partial charge in [0.05, 0.1) is 37.1 Å². The number of aliphatic hydroxyl groups excluding tert-OH is 2. The van der Waals surface area contributed by atoms with Gasteiger partial charge in [0, 0.05) is 62.9 Å². The van der Waals surface area contributed by atoms with Crippen LogP contribution in [-0.4, -0.2) is 108 Å². The molecule has 7 bridgehead atoms. The van der Waals surface area contributed by atoms with Crippen LogP contribution in [0.1, 0.15) is 32.6 Å². The third-order valence-corrected chi connectivity index (χ3v) is 11.2. The summed E-state index contributed by atoms with van der Waals surface area (Å²) in [5, 5.41) is 48.2. The summed E-state index contributed by atoms with van der Waals surface area (Å²) < 4.78 is 17.9.